The van der Waals surface area contributed by atoms with E-state index in [4.69, 9.17) is 0 Å². The van der Waals surface area contributed by atoms with Gasteiger partial charge in [0.2, 0.25) is 0 Å². The van der Waals surface area contributed by atoms with E-state index in [1.165, 1.54) is 10.6 Å². The summed E-state index contributed by atoms with van der Waals surface area (Å²) in [4.78, 5) is 4.07. The summed E-state index contributed by atoms with van der Waals surface area (Å²) in [5.41, 5.74) is 0.585. The SMILES string of the molecule is O=S(=O)(Nc1nc2ccccn2n1)c1cccs1. The van der Waals surface area contributed by atoms with Crippen molar-refractivity contribution in [1.29, 1.82) is 0 Å². The number of sulfonamides is 1. The molecule has 0 radical (unpaired) electrons. The molecule has 1 N–H and O–H groups in total. The summed E-state index contributed by atoms with van der Waals surface area (Å²) < 4.78 is 28.0. The fourth-order valence-electron chi connectivity index (χ4n) is 1.46. The Bertz CT molecular complexity index is 744. The van der Waals surface area contributed by atoms with Crippen molar-refractivity contribution in [2.45, 2.75) is 4.21 Å². The van der Waals surface area contributed by atoms with Gasteiger partial charge < -0.3 is 0 Å². The van der Waals surface area contributed by atoms with Gasteiger partial charge in [-0.1, -0.05) is 12.1 Å². The Morgan fingerprint density at radius 1 is 1.22 bits per heavy atom. The van der Waals surface area contributed by atoms with Gasteiger partial charge in [0.15, 0.2) is 5.65 Å². The molecule has 3 aromatic heterocycles. The van der Waals surface area contributed by atoms with Gasteiger partial charge in [-0.15, -0.1) is 16.4 Å². The molecule has 0 aliphatic heterocycles. The number of aromatic nitrogens is 3. The lowest BCUT2D eigenvalue weighted by molar-refractivity contribution is 0.602. The molecule has 0 saturated heterocycles. The molecule has 3 heterocycles. The molecule has 0 bridgehead atoms. The van der Waals surface area contributed by atoms with Crippen molar-refractivity contribution in [3.8, 4) is 0 Å². The molecule has 0 aliphatic carbocycles. The molecule has 0 fully saturated rings. The van der Waals surface area contributed by atoms with Crippen molar-refractivity contribution in [3.63, 3.8) is 0 Å². The molecule has 3 rings (SSSR count). The van der Waals surface area contributed by atoms with Crippen LogP contribution in [0, 0.1) is 0 Å². The molecule has 0 atom stereocenters. The van der Waals surface area contributed by atoms with Crippen LogP contribution in [0.2, 0.25) is 0 Å². The Hall–Kier alpha value is -1.93. The number of hydrogen-bond acceptors (Lipinski definition) is 5. The van der Waals surface area contributed by atoms with E-state index in [2.05, 4.69) is 14.8 Å². The van der Waals surface area contributed by atoms with Crippen LogP contribution in [0.4, 0.5) is 5.95 Å². The largest absolute Gasteiger partial charge is 0.273 e. The Balaban J connectivity index is 1.97. The zero-order chi connectivity index (χ0) is 12.6. The molecule has 8 heteroatoms. The van der Waals surface area contributed by atoms with Crippen LogP contribution in [0.25, 0.3) is 5.65 Å². The molecule has 18 heavy (non-hydrogen) atoms. The molecule has 0 unspecified atom stereocenters. The second-order valence-corrected chi connectivity index (χ2v) is 6.33. The van der Waals surface area contributed by atoms with Gasteiger partial charge in [0, 0.05) is 6.20 Å². The highest BCUT2D eigenvalue weighted by Gasteiger charge is 2.17. The Morgan fingerprint density at radius 3 is 2.83 bits per heavy atom. The summed E-state index contributed by atoms with van der Waals surface area (Å²) in [6.45, 7) is 0. The smallest absolute Gasteiger partial charge is 0.245 e. The minimum Gasteiger partial charge on any atom is -0.245 e. The lowest BCUT2D eigenvalue weighted by atomic mass is 10.5. The Morgan fingerprint density at radius 2 is 2.11 bits per heavy atom. The van der Waals surface area contributed by atoms with Crippen molar-refractivity contribution in [2.24, 2.45) is 0 Å². The summed E-state index contributed by atoms with van der Waals surface area (Å²) in [6.07, 6.45) is 1.70. The number of pyridine rings is 1. The fourth-order valence-corrected chi connectivity index (χ4v) is 3.39. The maximum atomic E-state index is 11.9. The lowest BCUT2D eigenvalue weighted by Crippen LogP contribution is -2.12. The van der Waals surface area contributed by atoms with E-state index >= 15 is 0 Å². The normalized spacial score (nSPS) is 11.8. The van der Waals surface area contributed by atoms with Crippen molar-refractivity contribution in [3.05, 3.63) is 41.9 Å². The summed E-state index contributed by atoms with van der Waals surface area (Å²) in [6, 6.07) is 8.55. The average Bonchev–Trinajstić information content (AvgIpc) is 2.96. The van der Waals surface area contributed by atoms with E-state index in [1.807, 2.05) is 6.07 Å². The minimum absolute atomic E-state index is 0.0644. The van der Waals surface area contributed by atoms with Crippen molar-refractivity contribution in [1.82, 2.24) is 14.6 Å². The predicted molar refractivity (Wildman–Crippen MR) is 68.1 cm³/mol. The highest BCUT2D eigenvalue weighted by Crippen LogP contribution is 2.18. The Kier molecular flexibility index (Phi) is 2.53. The third-order valence-corrected chi connectivity index (χ3v) is 4.95. The molecule has 0 saturated carbocycles. The van der Waals surface area contributed by atoms with Gasteiger partial charge in [0.1, 0.15) is 4.21 Å². The van der Waals surface area contributed by atoms with Crippen LogP contribution in [0.5, 0.6) is 0 Å². The monoisotopic (exact) mass is 280 g/mol. The van der Waals surface area contributed by atoms with E-state index in [0.717, 1.165) is 11.3 Å². The molecule has 3 aromatic rings. The van der Waals surface area contributed by atoms with Crippen LogP contribution >= 0.6 is 11.3 Å². The number of nitrogens with one attached hydrogen (secondary N) is 1. The van der Waals surface area contributed by atoms with Crippen LogP contribution in [0.3, 0.4) is 0 Å². The number of fused-ring (bicyclic) bond motifs is 1. The van der Waals surface area contributed by atoms with Crippen molar-refractivity contribution < 1.29 is 8.42 Å². The average molecular weight is 280 g/mol. The van der Waals surface area contributed by atoms with E-state index in [-0.39, 0.29) is 10.2 Å². The summed E-state index contributed by atoms with van der Waals surface area (Å²) in [7, 11) is -3.59. The molecule has 0 aromatic carbocycles. The van der Waals surface area contributed by atoms with E-state index in [9.17, 15) is 8.42 Å². The van der Waals surface area contributed by atoms with Gasteiger partial charge in [0.05, 0.1) is 0 Å². The van der Waals surface area contributed by atoms with Crippen molar-refractivity contribution >= 4 is 33.0 Å². The van der Waals surface area contributed by atoms with Crippen LogP contribution in [0.15, 0.2) is 46.1 Å². The van der Waals surface area contributed by atoms with Gasteiger partial charge in [-0.05, 0) is 23.6 Å². The number of nitrogens with zero attached hydrogens (tertiary/aromatic N) is 3. The molecular weight excluding hydrogens is 272 g/mol. The first kappa shape index (κ1) is 11.2. The number of anilines is 1. The first-order chi connectivity index (χ1) is 8.65. The van der Waals surface area contributed by atoms with Gasteiger partial charge in [-0.2, -0.15) is 4.98 Å². The molecule has 0 amide bonds. The highest BCUT2D eigenvalue weighted by molar-refractivity contribution is 7.94. The van der Waals surface area contributed by atoms with Crippen molar-refractivity contribution in [2.75, 3.05) is 4.72 Å². The molecule has 0 spiro atoms. The van der Waals surface area contributed by atoms with Crippen LogP contribution in [0.1, 0.15) is 0 Å². The van der Waals surface area contributed by atoms with E-state index < -0.39 is 10.0 Å². The molecule has 6 nitrogen and oxygen atoms in total. The first-order valence-electron chi connectivity index (χ1n) is 5.03. The predicted octanol–water partition coefficient (Wildman–Crippen LogP) is 1.59. The lowest BCUT2D eigenvalue weighted by Gasteiger charge is -2.00. The summed E-state index contributed by atoms with van der Waals surface area (Å²) >= 11 is 1.14. The van der Waals surface area contributed by atoms with E-state index in [1.54, 1.807) is 29.8 Å². The van der Waals surface area contributed by atoms with Gasteiger partial charge >= 0.3 is 0 Å². The fraction of sp³-hybridized carbons (Fsp3) is 0. The second-order valence-electron chi connectivity index (χ2n) is 3.48. The molecule has 92 valence electrons. The third kappa shape index (κ3) is 1.95. The quantitative estimate of drug-likeness (QED) is 0.790. The molecule has 0 aliphatic rings. The topological polar surface area (TPSA) is 76.4 Å². The zero-order valence-corrected chi connectivity index (χ0v) is 10.6. The number of hydrogen-bond donors (Lipinski definition) is 1. The van der Waals surface area contributed by atoms with E-state index in [0.29, 0.717) is 5.65 Å². The standard InChI is InChI=1S/C10H8N4O2S2/c15-18(16,9-5-3-7-17-9)13-10-11-8-4-1-2-6-14(8)12-10/h1-7H,(H,12,13). The number of rotatable bonds is 3. The first-order valence-corrected chi connectivity index (χ1v) is 7.39. The third-order valence-electron chi connectivity index (χ3n) is 2.23. The summed E-state index contributed by atoms with van der Waals surface area (Å²) in [5.74, 6) is 0.0644. The zero-order valence-electron chi connectivity index (χ0n) is 9.02. The van der Waals surface area contributed by atoms with Crippen LogP contribution in [-0.2, 0) is 10.0 Å². The minimum atomic E-state index is -3.59. The van der Waals surface area contributed by atoms with Gasteiger partial charge in [-0.3, -0.25) is 0 Å². The second kappa shape index (κ2) is 4.07. The van der Waals surface area contributed by atoms with Gasteiger partial charge in [0.25, 0.3) is 16.0 Å². The maximum Gasteiger partial charge on any atom is 0.273 e. The number of thiophene rings is 1. The Labute approximate surface area is 107 Å². The highest BCUT2D eigenvalue weighted by atomic mass is 32.2. The van der Waals surface area contributed by atoms with Gasteiger partial charge in [-0.25, -0.2) is 17.7 Å². The van der Waals surface area contributed by atoms with Crippen LogP contribution < -0.4 is 4.72 Å². The molecular formula is C10H8N4O2S2. The summed E-state index contributed by atoms with van der Waals surface area (Å²) in [5, 5.41) is 5.73. The van der Waals surface area contributed by atoms with Crippen LogP contribution in [-0.4, -0.2) is 23.0 Å². The maximum absolute atomic E-state index is 11.9.